The minimum absolute atomic E-state index is 0.686. The number of hydrogen-bond acceptors (Lipinski definition) is 3. The molecule has 0 spiro atoms. The summed E-state index contributed by atoms with van der Waals surface area (Å²) in [5, 5.41) is 0. The maximum atomic E-state index is 5.99. The quantitative estimate of drug-likeness (QED) is 0.514. The largest absolute Gasteiger partial charge is 0.497 e. The highest BCUT2D eigenvalue weighted by atomic mass is 16.5. The Kier molecular flexibility index (Phi) is 2.14. The van der Waals surface area contributed by atoms with Gasteiger partial charge in [0.15, 0.2) is 0 Å². The van der Waals surface area contributed by atoms with Crippen molar-refractivity contribution < 1.29 is 9.47 Å². The van der Waals surface area contributed by atoms with Crippen molar-refractivity contribution in [1.29, 1.82) is 0 Å². The molecule has 4 aromatic rings. The van der Waals surface area contributed by atoms with Crippen molar-refractivity contribution >= 4 is 16.7 Å². The van der Waals surface area contributed by atoms with Crippen LogP contribution in [0.3, 0.4) is 0 Å². The number of nitrogens with zero attached hydrogens (tertiary/aromatic N) is 2. The van der Waals surface area contributed by atoms with Gasteiger partial charge in [0.05, 0.1) is 23.8 Å². The van der Waals surface area contributed by atoms with E-state index in [1.807, 2.05) is 36.5 Å². The van der Waals surface area contributed by atoms with E-state index in [9.17, 15) is 0 Å². The van der Waals surface area contributed by atoms with Gasteiger partial charge in [0.1, 0.15) is 17.1 Å². The maximum absolute atomic E-state index is 5.99. The van der Waals surface area contributed by atoms with Crippen molar-refractivity contribution in [1.82, 2.24) is 14.4 Å². The van der Waals surface area contributed by atoms with Crippen LogP contribution in [0.15, 0.2) is 42.6 Å². The highest BCUT2D eigenvalue weighted by Crippen LogP contribution is 2.38. The molecule has 4 heterocycles. The van der Waals surface area contributed by atoms with Crippen LogP contribution in [-0.2, 0) is 6.42 Å². The van der Waals surface area contributed by atoms with Crippen molar-refractivity contribution in [2.75, 3.05) is 7.11 Å². The van der Waals surface area contributed by atoms with Gasteiger partial charge >= 0.3 is 0 Å². The molecule has 0 atom stereocenters. The minimum atomic E-state index is 0.686. The number of hydrogen-bond donors (Lipinski definition) is 1. The average molecular weight is 291 g/mol. The molecule has 22 heavy (non-hydrogen) atoms. The summed E-state index contributed by atoms with van der Waals surface area (Å²) in [6.45, 7) is 0. The van der Waals surface area contributed by atoms with Crippen molar-refractivity contribution in [3.05, 3.63) is 53.9 Å². The van der Waals surface area contributed by atoms with E-state index in [4.69, 9.17) is 9.47 Å². The van der Waals surface area contributed by atoms with Crippen LogP contribution in [0.25, 0.3) is 16.7 Å². The molecule has 3 aromatic heterocycles. The topological polar surface area (TPSA) is 51.5 Å². The van der Waals surface area contributed by atoms with Crippen LogP contribution in [0.2, 0.25) is 0 Å². The standard InChI is InChI=1S/C17H13N3O2/c1-21-11-2-4-15-10(8-11)9-14-17(22-15)19-16-5-3-12-13(20(14)16)6-7-18-12/h2-8,18H,9H2,1H3. The van der Waals surface area contributed by atoms with E-state index >= 15 is 0 Å². The van der Waals surface area contributed by atoms with Gasteiger partial charge in [-0.3, -0.25) is 4.40 Å². The number of methoxy groups -OCH3 is 1. The zero-order chi connectivity index (χ0) is 14.7. The summed E-state index contributed by atoms with van der Waals surface area (Å²) in [5.74, 6) is 2.37. The van der Waals surface area contributed by atoms with Gasteiger partial charge in [0.25, 0.3) is 0 Å². The lowest BCUT2D eigenvalue weighted by Gasteiger charge is -2.17. The lowest BCUT2D eigenvalue weighted by molar-refractivity contribution is 0.408. The third-order valence-corrected chi connectivity index (χ3v) is 4.19. The van der Waals surface area contributed by atoms with E-state index in [0.29, 0.717) is 5.88 Å². The third kappa shape index (κ3) is 1.45. The monoisotopic (exact) mass is 291 g/mol. The highest BCUT2D eigenvalue weighted by molar-refractivity contribution is 5.80. The zero-order valence-corrected chi connectivity index (χ0v) is 12.0. The third-order valence-electron chi connectivity index (χ3n) is 4.19. The van der Waals surface area contributed by atoms with Gasteiger partial charge in [0, 0.05) is 18.2 Å². The number of imidazole rings is 1. The van der Waals surface area contributed by atoms with E-state index < -0.39 is 0 Å². The summed E-state index contributed by atoms with van der Waals surface area (Å²) < 4.78 is 13.5. The normalized spacial score (nSPS) is 13.0. The summed E-state index contributed by atoms with van der Waals surface area (Å²) in [7, 11) is 1.68. The van der Waals surface area contributed by atoms with Gasteiger partial charge in [-0.2, -0.15) is 4.98 Å². The lowest BCUT2D eigenvalue weighted by atomic mass is 10.1. The molecular weight excluding hydrogens is 278 g/mol. The molecule has 1 N–H and O–H groups in total. The number of pyridine rings is 1. The molecular formula is C17H13N3O2. The van der Waals surface area contributed by atoms with Gasteiger partial charge in [-0.05, 0) is 36.4 Å². The molecule has 1 aliphatic heterocycles. The molecule has 0 saturated heterocycles. The number of aromatic nitrogens is 3. The predicted octanol–water partition coefficient (Wildman–Crippen LogP) is 3.52. The maximum Gasteiger partial charge on any atom is 0.241 e. The van der Waals surface area contributed by atoms with E-state index in [2.05, 4.69) is 20.4 Å². The number of benzene rings is 1. The summed E-state index contributed by atoms with van der Waals surface area (Å²) in [4.78, 5) is 7.86. The van der Waals surface area contributed by atoms with E-state index in [0.717, 1.165) is 45.9 Å². The predicted molar refractivity (Wildman–Crippen MR) is 82.9 cm³/mol. The molecule has 0 amide bonds. The number of aromatic amines is 1. The lowest BCUT2D eigenvalue weighted by Crippen LogP contribution is -2.05. The molecule has 1 aromatic carbocycles. The second-order valence-electron chi connectivity index (χ2n) is 5.42. The summed E-state index contributed by atoms with van der Waals surface area (Å²) in [5.41, 5.74) is 5.28. The molecule has 5 rings (SSSR count). The second kappa shape index (κ2) is 4.04. The van der Waals surface area contributed by atoms with Crippen molar-refractivity contribution in [3.63, 3.8) is 0 Å². The fourth-order valence-electron chi connectivity index (χ4n) is 3.13. The Morgan fingerprint density at radius 3 is 3.09 bits per heavy atom. The molecule has 0 aliphatic carbocycles. The number of rotatable bonds is 1. The van der Waals surface area contributed by atoms with Gasteiger partial charge in [-0.1, -0.05) is 0 Å². The van der Waals surface area contributed by atoms with Crippen molar-refractivity contribution in [2.45, 2.75) is 6.42 Å². The summed E-state index contributed by atoms with van der Waals surface area (Å²) >= 11 is 0. The van der Waals surface area contributed by atoms with Crippen LogP contribution in [0.4, 0.5) is 0 Å². The van der Waals surface area contributed by atoms with E-state index in [-0.39, 0.29) is 0 Å². The van der Waals surface area contributed by atoms with Gasteiger partial charge in [-0.25, -0.2) is 0 Å². The molecule has 0 fully saturated rings. The molecule has 0 radical (unpaired) electrons. The molecule has 1 aliphatic rings. The van der Waals surface area contributed by atoms with Crippen molar-refractivity contribution in [2.24, 2.45) is 0 Å². The van der Waals surface area contributed by atoms with Gasteiger partial charge in [0.2, 0.25) is 5.88 Å². The van der Waals surface area contributed by atoms with Crippen LogP contribution in [0, 0.1) is 0 Å². The van der Waals surface area contributed by atoms with Crippen LogP contribution in [0.1, 0.15) is 11.3 Å². The molecule has 0 bridgehead atoms. The Balaban J connectivity index is 1.77. The molecule has 0 unspecified atom stereocenters. The molecule has 108 valence electrons. The first kappa shape index (κ1) is 11.7. The Hall–Kier alpha value is -2.95. The minimum Gasteiger partial charge on any atom is -0.497 e. The molecule has 5 nitrogen and oxygen atoms in total. The fourth-order valence-corrected chi connectivity index (χ4v) is 3.13. The van der Waals surface area contributed by atoms with E-state index in [1.54, 1.807) is 7.11 Å². The second-order valence-corrected chi connectivity index (χ2v) is 5.42. The smallest absolute Gasteiger partial charge is 0.241 e. The van der Waals surface area contributed by atoms with Crippen molar-refractivity contribution in [3.8, 4) is 17.4 Å². The number of H-pyrrole nitrogens is 1. The molecule has 0 saturated carbocycles. The number of nitrogens with one attached hydrogen (secondary N) is 1. The van der Waals surface area contributed by atoms with Gasteiger partial charge in [-0.15, -0.1) is 0 Å². The Morgan fingerprint density at radius 2 is 2.18 bits per heavy atom. The van der Waals surface area contributed by atoms with Crippen LogP contribution >= 0.6 is 0 Å². The zero-order valence-electron chi connectivity index (χ0n) is 12.0. The van der Waals surface area contributed by atoms with Gasteiger partial charge < -0.3 is 14.5 Å². The average Bonchev–Trinajstić information content (AvgIpc) is 3.15. The summed E-state index contributed by atoms with van der Waals surface area (Å²) in [6, 6.07) is 12.0. The van der Waals surface area contributed by atoms with Crippen LogP contribution in [0.5, 0.6) is 17.4 Å². The number of fused-ring (bicyclic) bond motifs is 6. The Labute approximate surface area is 126 Å². The summed E-state index contributed by atoms with van der Waals surface area (Å²) in [6.07, 6.45) is 2.71. The van der Waals surface area contributed by atoms with E-state index in [1.165, 1.54) is 0 Å². The fraction of sp³-hybridized carbons (Fsp3) is 0.118. The molecule has 5 heteroatoms. The first-order chi connectivity index (χ1) is 10.8. The first-order valence-electron chi connectivity index (χ1n) is 7.16. The van der Waals surface area contributed by atoms with Crippen LogP contribution in [-0.4, -0.2) is 21.5 Å². The highest BCUT2D eigenvalue weighted by Gasteiger charge is 2.24. The first-order valence-corrected chi connectivity index (χ1v) is 7.16. The SMILES string of the molecule is COc1ccc2c(c1)Cc1c(nc3ccc4[nH]ccc4n13)O2. The van der Waals surface area contributed by atoms with Crippen LogP contribution < -0.4 is 9.47 Å². The Morgan fingerprint density at radius 1 is 1.23 bits per heavy atom. The number of ether oxygens (including phenoxy) is 2. The Bertz CT molecular complexity index is 1030.